The molecule has 1 aliphatic rings. The van der Waals surface area contributed by atoms with Crippen molar-refractivity contribution in [3.63, 3.8) is 0 Å². The van der Waals surface area contributed by atoms with E-state index in [2.05, 4.69) is 26.3 Å². The van der Waals surface area contributed by atoms with Gasteiger partial charge in [-0.25, -0.2) is 0 Å². The topological polar surface area (TPSA) is 18.5 Å². The SMILES string of the molecule is C#CC1(C=C)OCC(C(C)C)CO1. The van der Waals surface area contributed by atoms with Crippen molar-refractivity contribution in [1.82, 2.24) is 0 Å². The van der Waals surface area contributed by atoms with Crippen LogP contribution in [-0.2, 0) is 9.47 Å². The third-order valence-electron chi connectivity index (χ3n) is 2.44. The zero-order valence-corrected chi connectivity index (χ0v) is 8.25. The second-order valence-corrected chi connectivity index (χ2v) is 3.64. The van der Waals surface area contributed by atoms with E-state index in [1.807, 2.05) is 0 Å². The Morgan fingerprint density at radius 1 is 1.54 bits per heavy atom. The fourth-order valence-electron chi connectivity index (χ4n) is 1.20. The summed E-state index contributed by atoms with van der Waals surface area (Å²) in [4.78, 5) is 0. The molecular weight excluding hydrogens is 164 g/mol. The van der Waals surface area contributed by atoms with Crippen LogP contribution < -0.4 is 0 Å². The maximum Gasteiger partial charge on any atom is 0.253 e. The van der Waals surface area contributed by atoms with Gasteiger partial charge in [-0.15, -0.1) is 6.42 Å². The first kappa shape index (κ1) is 10.3. The summed E-state index contributed by atoms with van der Waals surface area (Å²) in [5.74, 6) is 2.47. The summed E-state index contributed by atoms with van der Waals surface area (Å²) in [6.07, 6.45) is 6.83. The average molecular weight is 180 g/mol. The Hall–Kier alpha value is -0.780. The molecule has 13 heavy (non-hydrogen) atoms. The van der Waals surface area contributed by atoms with Gasteiger partial charge in [0.2, 0.25) is 0 Å². The molecule has 1 heterocycles. The van der Waals surface area contributed by atoms with Gasteiger partial charge in [0.05, 0.1) is 13.2 Å². The van der Waals surface area contributed by atoms with Gasteiger partial charge >= 0.3 is 0 Å². The van der Waals surface area contributed by atoms with Crippen LogP contribution in [0.25, 0.3) is 0 Å². The molecule has 0 bridgehead atoms. The maximum absolute atomic E-state index is 5.46. The summed E-state index contributed by atoms with van der Waals surface area (Å²) in [6.45, 7) is 9.19. The van der Waals surface area contributed by atoms with Crippen LogP contribution in [0.1, 0.15) is 13.8 Å². The molecule has 0 aromatic rings. The number of hydrogen-bond acceptors (Lipinski definition) is 2. The molecule has 1 aliphatic heterocycles. The lowest BCUT2D eigenvalue weighted by atomic mass is 9.96. The van der Waals surface area contributed by atoms with E-state index in [9.17, 15) is 0 Å². The van der Waals surface area contributed by atoms with Crippen molar-refractivity contribution in [3.8, 4) is 12.3 Å². The van der Waals surface area contributed by atoms with Gasteiger partial charge in [0.1, 0.15) is 0 Å². The van der Waals surface area contributed by atoms with Crippen molar-refractivity contribution in [3.05, 3.63) is 12.7 Å². The van der Waals surface area contributed by atoms with Crippen LogP contribution in [0.3, 0.4) is 0 Å². The Bertz CT molecular complexity index is 217. The van der Waals surface area contributed by atoms with E-state index in [1.165, 1.54) is 6.08 Å². The first-order chi connectivity index (χ1) is 6.13. The third kappa shape index (κ3) is 2.12. The fraction of sp³-hybridized carbons (Fsp3) is 0.636. The first-order valence-corrected chi connectivity index (χ1v) is 4.53. The summed E-state index contributed by atoms with van der Waals surface area (Å²) in [6, 6.07) is 0. The fourth-order valence-corrected chi connectivity index (χ4v) is 1.20. The quantitative estimate of drug-likeness (QED) is 0.476. The lowest BCUT2D eigenvalue weighted by Gasteiger charge is -2.35. The summed E-state index contributed by atoms with van der Waals surface area (Å²) in [5.41, 5.74) is 0. The van der Waals surface area contributed by atoms with E-state index in [0.717, 1.165) is 0 Å². The minimum atomic E-state index is -0.981. The lowest BCUT2D eigenvalue weighted by Crippen LogP contribution is -2.42. The maximum atomic E-state index is 5.46. The van der Waals surface area contributed by atoms with Gasteiger partial charge in [0.25, 0.3) is 5.79 Å². The molecule has 0 atom stereocenters. The second kappa shape index (κ2) is 3.95. The van der Waals surface area contributed by atoms with Gasteiger partial charge < -0.3 is 9.47 Å². The van der Waals surface area contributed by atoms with Crippen molar-refractivity contribution in [2.45, 2.75) is 19.6 Å². The molecular formula is C11H16O2. The van der Waals surface area contributed by atoms with E-state index in [4.69, 9.17) is 15.9 Å². The molecule has 1 fully saturated rings. The van der Waals surface area contributed by atoms with Crippen LogP contribution >= 0.6 is 0 Å². The van der Waals surface area contributed by atoms with E-state index in [1.54, 1.807) is 0 Å². The smallest absolute Gasteiger partial charge is 0.253 e. The van der Waals surface area contributed by atoms with Crippen LogP contribution in [-0.4, -0.2) is 19.0 Å². The molecule has 1 saturated heterocycles. The number of hydrogen-bond donors (Lipinski definition) is 0. The Labute approximate surface area is 79.9 Å². The second-order valence-electron chi connectivity index (χ2n) is 3.64. The van der Waals surface area contributed by atoms with E-state index < -0.39 is 5.79 Å². The van der Waals surface area contributed by atoms with Crippen molar-refractivity contribution in [1.29, 1.82) is 0 Å². The summed E-state index contributed by atoms with van der Waals surface area (Å²) in [5, 5.41) is 0. The minimum Gasteiger partial charge on any atom is -0.336 e. The van der Waals surface area contributed by atoms with E-state index in [0.29, 0.717) is 25.0 Å². The lowest BCUT2D eigenvalue weighted by molar-refractivity contribution is -0.225. The zero-order valence-electron chi connectivity index (χ0n) is 8.25. The van der Waals surface area contributed by atoms with Gasteiger partial charge in [-0.2, -0.15) is 0 Å². The van der Waals surface area contributed by atoms with E-state index >= 15 is 0 Å². The standard InChI is InChI=1S/C11H16O2/c1-5-11(6-2)12-7-10(8-13-11)9(3)4/h1,6,9-10H,2,7-8H2,3-4H3. The number of terminal acetylenes is 1. The molecule has 0 amide bonds. The van der Waals surface area contributed by atoms with E-state index in [-0.39, 0.29) is 0 Å². The highest BCUT2D eigenvalue weighted by Crippen LogP contribution is 2.25. The molecule has 0 spiro atoms. The summed E-state index contributed by atoms with van der Waals surface area (Å²) in [7, 11) is 0. The molecule has 72 valence electrons. The van der Waals surface area contributed by atoms with Gasteiger partial charge in [-0.3, -0.25) is 0 Å². The van der Waals surface area contributed by atoms with Gasteiger partial charge in [-0.05, 0) is 17.9 Å². The molecule has 1 rings (SSSR count). The van der Waals surface area contributed by atoms with Crippen molar-refractivity contribution in [2.75, 3.05) is 13.2 Å². The molecule has 0 aromatic carbocycles. The molecule has 2 heteroatoms. The number of rotatable bonds is 2. The highest BCUT2D eigenvalue weighted by atomic mass is 16.7. The van der Waals surface area contributed by atoms with Crippen LogP contribution in [0, 0.1) is 24.2 Å². The van der Waals surface area contributed by atoms with Gasteiger partial charge in [0, 0.05) is 5.92 Å². The highest BCUT2D eigenvalue weighted by Gasteiger charge is 2.33. The molecule has 0 N–H and O–H groups in total. The van der Waals surface area contributed by atoms with Crippen LogP contribution in [0.5, 0.6) is 0 Å². The Morgan fingerprint density at radius 2 is 2.08 bits per heavy atom. The van der Waals surface area contributed by atoms with Crippen molar-refractivity contribution in [2.24, 2.45) is 11.8 Å². The van der Waals surface area contributed by atoms with Gasteiger partial charge in [0.15, 0.2) is 0 Å². The van der Waals surface area contributed by atoms with Crippen molar-refractivity contribution < 1.29 is 9.47 Å². The third-order valence-corrected chi connectivity index (χ3v) is 2.44. The van der Waals surface area contributed by atoms with Crippen LogP contribution in [0.2, 0.25) is 0 Å². The molecule has 0 aromatic heterocycles. The molecule has 0 aliphatic carbocycles. The molecule has 0 radical (unpaired) electrons. The highest BCUT2D eigenvalue weighted by molar-refractivity contribution is 5.13. The Balaban J connectivity index is 2.56. The molecule has 2 nitrogen and oxygen atoms in total. The molecule has 0 saturated carbocycles. The molecule has 0 unspecified atom stereocenters. The van der Waals surface area contributed by atoms with Crippen LogP contribution in [0.4, 0.5) is 0 Å². The summed E-state index contributed by atoms with van der Waals surface area (Å²) >= 11 is 0. The first-order valence-electron chi connectivity index (χ1n) is 4.53. The largest absolute Gasteiger partial charge is 0.336 e. The minimum absolute atomic E-state index is 0.432. The predicted molar refractivity (Wildman–Crippen MR) is 52.0 cm³/mol. The average Bonchev–Trinajstić information content (AvgIpc) is 2.18. The number of ether oxygens (including phenoxy) is 2. The Morgan fingerprint density at radius 3 is 2.38 bits per heavy atom. The summed E-state index contributed by atoms with van der Waals surface area (Å²) < 4.78 is 10.9. The van der Waals surface area contributed by atoms with Crippen molar-refractivity contribution >= 4 is 0 Å². The normalized spacial score (nSPS) is 34.2. The Kier molecular flexibility index (Phi) is 3.13. The monoisotopic (exact) mass is 180 g/mol. The van der Waals surface area contributed by atoms with Crippen LogP contribution in [0.15, 0.2) is 12.7 Å². The predicted octanol–water partition coefficient (Wildman–Crippen LogP) is 1.82. The zero-order chi connectivity index (χ0) is 9.90. The van der Waals surface area contributed by atoms with Gasteiger partial charge in [-0.1, -0.05) is 20.4 Å².